The molecule has 0 radical (unpaired) electrons. The van der Waals surface area contributed by atoms with E-state index in [1.807, 2.05) is 0 Å². The van der Waals surface area contributed by atoms with Crippen molar-refractivity contribution in [3.8, 4) is 0 Å². The highest BCUT2D eigenvalue weighted by Gasteiger charge is 2.31. The normalized spacial score (nSPS) is 27.9. The summed E-state index contributed by atoms with van der Waals surface area (Å²) in [7, 11) is -3.16. The second-order valence-corrected chi connectivity index (χ2v) is 6.74. The lowest BCUT2D eigenvalue weighted by Gasteiger charge is -2.28. The van der Waals surface area contributed by atoms with Crippen LogP contribution in [0.4, 0.5) is 8.78 Å². The van der Waals surface area contributed by atoms with Crippen LogP contribution in [-0.4, -0.2) is 26.0 Å². The second-order valence-electron chi connectivity index (χ2n) is 4.27. The van der Waals surface area contributed by atoms with Crippen molar-refractivity contribution >= 4 is 9.84 Å². The molecule has 0 spiro atoms. The van der Waals surface area contributed by atoms with E-state index in [2.05, 4.69) is 5.32 Å². The Kier molecular flexibility index (Phi) is 3.18. The van der Waals surface area contributed by atoms with Gasteiger partial charge in [-0.1, -0.05) is 6.07 Å². The smallest absolute Gasteiger partial charge is 0.159 e. The van der Waals surface area contributed by atoms with Gasteiger partial charge in [0, 0.05) is 12.6 Å². The maximum Gasteiger partial charge on any atom is 0.159 e. The topological polar surface area (TPSA) is 46.2 Å². The average molecular weight is 261 g/mol. The van der Waals surface area contributed by atoms with Crippen molar-refractivity contribution in [2.75, 3.05) is 12.3 Å². The van der Waals surface area contributed by atoms with Crippen LogP contribution in [0.1, 0.15) is 18.5 Å². The molecule has 1 heterocycles. The van der Waals surface area contributed by atoms with Gasteiger partial charge in [-0.15, -0.1) is 0 Å². The van der Waals surface area contributed by atoms with Crippen molar-refractivity contribution in [3.63, 3.8) is 0 Å². The minimum absolute atomic E-state index is 0.0841. The number of hydrogen-bond acceptors (Lipinski definition) is 3. The summed E-state index contributed by atoms with van der Waals surface area (Å²) in [5, 5.41) is 2.58. The first-order chi connectivity index (χ1) is 7.90. The second kappa shape index (κ2) is 4.34. The third-order valence-electron chi connectivity index (χ3n) is 3.01. The van der Waals surface area contributed by atoms with Crippen LogP contribution in [0.5, 0.6) is 0 Å². The minimum Gasteiger partial charge on any atom is -0.308 e. The summed E-state index contributed by atoms with van der Waals surface area (Å²) in [5.74, 6) is -1.97. The molecule has 1 aliphatic rings. The molecule has 6 heteroatoms. The summed E-state index contributed by atoms with van der Waals surface area (Å²) < 4.78 is 49.2. The molecule has 1 N–H and O–H groups in total. The van der Waals surface area contributed by atoms with Gasteiger partial charge in [0.15, 0.2) is 21.5 Å². The molecule has 1 aliphatic heterocycles. The van der Waals surface area contributed by atoms with Gasteiger partial charge in [0.25, 0.3) is 0 Å². The zero-order chi connectivity index (χ0) is 12.6. The molecule has 2 unspecified atom stereocenters. The van der Waals surface area contributed by atoms with Crippen molar-refractivity contribution in [1.82, 2.24) is 5.32 Å². The Bertz CT molecular complexity index is 530. The van der Waals surface area contributed by atoms with Crippen molar-refractivity contribution < 1.29 is 17.2 Å². The third kappa shape index (κ3) is 2.47. The zero-order valence-electron chi connectivity index (χ0n) is 9.28. The monoisotopic (exact) mass is 261 g/mol. The Morgan fingerprint density at radius 3 is 2.59 bits per heavy atom. The predicted octanol–water partition coefficient (Wildman–Crippen LogP) is 1.41. The van der Waals surface area contributed by atoms with Gasteiger partial charge in [-0.3, -0.25) is 0 Å². The number of benzene rings is 1. The molecule has 1 aromatic carbocycles. The maximum atomic E-state index is 13.1. The maximum absolute atomic E-state index is 13.1. The SMILES string of the molecule is CC1CNC(c2ccc(F)c(F)c2)CS1(=O)=O. The van der Waals surface area contributed by atoms with E-state index in [0.29, 0.717) is 12.1 Å². The van der Waals surface area contributed by atoms with E-state index >= 15 is 0 Å². The Morgan fingerprint density at radius 1 is 1.29 bits per heavy atom. The molecular formula is C11H13F2NO2S. The fourth-order valence-electron chi connectivity index (χ4n) is 1.83. The molecule has 0 saturated carbocycles. The van der Waals surface area contributed by atoms with Gasteiger partial charge < -0.3 is 5.32 Å². The molecule has 17 heavy (non-hydrogen) atoms. The lowest BCUT2D eigenvalue weighted by Crippen LogP contribution is -2.44. The lowest BCUT2D eigenvalue weighted by molar-refractivity contribution is 0.487. The fraction of sp³-hybridized carbons (Fsp3) is 0.455. The highest BCUT2D eigenvalue weighted by Crippen LogP contribution is 2.23. The summed E-state index contributed by atoms with van der Waals surface area (Å²) in [6, 6.07) is 2.99. The van der Waals surface area contributed by atoms with Crippen LogP contribution in [0, 0.1) is 11.6 Å². The van der Waals surface area contributed by atoms with Crippen LogP contribution < -0.4 is 5.32 Å². The Morgan fingerprint density at radius 2 is 2.00 bits per heavy atom. The molecule has 1 aromatic rings. The van der Waals surface area contributed by atoms with Gasteiger partial charge in [-0.2, -0.15) is 0 Å². The summed E-state index contributed by atoms with van der Waals surface area (Å²) in [6.07, 6.45) is 0. The van der Waals surface area contributed by atoms with Crippen LogP contribution >= 0.6 is 0 Å². The van der Waals surface area contributed by atoms with Crippen molar-refractivity contribution in [2.45, 2.75) is 18.2 Å². The number of hydrogen-bond donors (Lipinski definition) is 1. The summed E-state index contributed by atoms with van der Waals surface area (Å²) in [6.45, 7) is 1.95. The molecule has 2 rings (SSSR count). The standard InChI is InChI=1S/C11H13F2NO2S/c1-7-5-14-11(6-17(7,15)16)8-2-3-9(12)10(13)4-8/h2-4,7,11,14H,5-6H2,1H3. The van der Waals surface area contributed by atoms with Gasteiger partial charge >= 0.3 is 0 Å². The van der Waals surface area contributed by atoms with Crippen LogP contribution in [0.15, 0.2) is 18.2 Å². The van der Waals surface area contributed by atoms with Gasteiger partial charge in [0.05, 0.1) is 11.0 Å². The van der Waals surface area contributed by atoms with E-state index < -0.39 is 32.8 Å². The molecule has 2 atom stereocenters. The van der Waals surface area contributed by atoms with Gasteiger partial charge in [0.2, 0.25) is 0 Å². The predicted molar refractivity (Wildman–Crippen MR) is 60.4 cm³/mol. The van der Waals surface area contributed by atoms with Crippen LogP contribution in [0.25, 0.3) is 0 Å². The zero-order valence-corrected chi connectivity index (χ0v) is 10.1. The molecule has 0 aromatic heterocycles. The average Bonchev–Trinajstić information content (AvgIpc) is 2.26. The molecule has 1 saturated heterocycles. The van der Waals surface area contributed by atoms with Gasteiger partial charge in [0.1, 0.15) is 0 Å². The van der Waals surface area contributed by atoms with E-state index in [1.54, 1.807) is 6.92 Å². The molecule has 0 bridgehead atoms. The number of sulfone groups is 1. The molecule has 0 aliphatic carbocycles. The van der Waals surface area contributed by atoms with Gasteiger partial charge in [-0.25, -0.2) is 17.2 Å². The van der Waals surface area contributed by atoms with E-state index in [9.17, 15) is 17.2 Å². The van der Waals surface area contributed by atoms with Crippen molar-refractivity contribution in [3.05, 3.63) is 35.4 Å². The highest BCUT2D eigenvalue weighted by atomic mass is 32.2. The Hall–Kier alpha value is -1.01. The van der Waals surface area contributed by atoms with E-state index in [1.165, 1.54) is 6.07 Å². The van der Waals surface area contributed by atoms with Crippen molar-refractivity contribution in [2.24, 2.45) is 0 Å². The molecule has 3 nitrogen and oxygen atoms in total. The van der Waals surface area contributed by atoms with Crippen LogP contribution in [-0.2, 0) is 9.84 Å². The number of halogens is 2. The number of nitrogens with one attached hydrogen (secondary N) is 1. The molecule has 1 fully saturated rings. The lowest BCUT2D eigenvalue weighted by atomic mass is 10.1. The first-order valence-corrected chi connectivity index (χ1v) is 7.01. The fourth-order valence-corrected chi connectivity index (χ4v) is 3.29. The van der Waals surface area contributed by atoms with E-state index in [0.717, 1.165) is 12.1 Å². The molecule has 94 valence electrons. The van der Waals surface area contributed by atoms with E-state index in [4.69, 9.17) is 0 Å². The Labute approximate surface area is 98.8 Å². The highest BCUT2D eigenvalue weighted by molar-refractivity contribution is 7.92. The van der Waals surface area contributed by atoms with Gasteiger partial charge in [-0.05, 0) is 24.6 Å². The van der Waals surface area contributed by atoms with Crippen LogP contribution in [0.3, 0.4) is 0 Å². The molecule has 0 amide bonds. The van der Waals surface area contributed by atoms with Crippen LogP contribution in [0.2, 0.25) is 0 Å². The first-order valence-electron chi connectivity index (χ1n) is 5.30. The number of rotatable bonds is 1. The first kappa shape index (κ1) is 12.4. The largest absolute Gasteiger partial charge is 0.308 e. The minimum atomic E-state index is -3.16. The molecular weight excluding hydrogens is 248 g/mol. The summed E-state index contributed by atoms with van der Waals surface area (Å²) in [4.78, 5) is 0. The summed E-state index contributed by atoms with van der Waals surface area (Å²) >= 11 is 0. The summed E-state index contributed by atoms with van der Waals surface area (Å²) in [5.41, 5.74) is 0.458. The quantitative estimate of drug-likeness (QED) is 0.831. The van der Waals surface area contributed by atoms with Crippen molar-refractivity contribution in [1.29, 1.82) is 0 Å². The Balaban J connectivity index is 2.27. The van der Waals surface area contributed by atoms with E-state index in [-0.39, 0.29) is 5.75 Å². The third-order valence-corrected chi connectivity index (χ3v) is 5.20.